The van der Waals surface area contributed by atoms with Gasteiger partial charge in [0, 0.05) is 18.7 Å². The van der Waals surface area contributed by atoms with Crippen molar-refractivity contribution in [3.8, 4) is 0 Å². The zero-order valence-electron chi connectivity index (χ0n) is 11.7. The van der Waals surface area contributed by atoms with E-state index in [1.54, 1.807) is 0 Å². The van der Waals surface area contributed by atoms with Crippen LogP contribution >= 0.6 is 0 Å². The number of hydrogen-bond donors (Lipinski definition) is 1. The van der Waals surface area contributed by atoms with Crippen LogP contribution in [-0.2, 0) is 0 Å². The molecular formula is C14H17FN2O4. The Morgan fingerprint density at radius 3 is 2.67 bits per heavy atom. The summed E-state index contributed by atoms with van der Waals surface area (Å²) in [4.78, 5) is 23.7. The highest BCUT2D eigenvalue weighted by Gasteiger charge is 2.30. The van der Waals surface area contributed by atoms with Gasteiger partial charge in [-0.05, 0) is 18.9 Å². The second-order valence-electron chi connectivity index (χ2n) is 5.29. The van der Waals surface area contributed by atoms with Crippen molar-refractivity contribution in [1.29, 1.82) is 0 Å². The minimum absolute atomic E-state index is 0.0815. The van der Waals surface area contributed by atoms with Gasteiger partial charge < -0.3 is 10.0 Å². The molecule has 0 radical (unpaired) electrons. The fraction of sp³-hybridized carbons (Fsp3) is 0.500. The molecule has 1 aliphatic rings. The van der Waals surface area contributed by atoms with Crippen LogP contribution in [0.15, 0.2) is 18.2 Å². The van der Waals surface area contributed by atoms with E-state index in [1.165, 1.54) is 11.9 Å². The number of likely N-dealkylation sites (N-methyl/N-ethyl adjacent to an activating group) is 1. The molecule has 1 aromatic carbocycles. The molecule has 0 aromatic heterocycles. The topological polar surface area (TPSA) is 83.7 Å². The van der Waals surface area contributed by atoms with Crippen molar-refractivity contribution < 1.29 is 19.2 Å². The molecule has 1 aliphatic carbocycles. The molecule has 0 heterocycles. The van der Waals surface area contributed by atoms with Crippen LogP contribution in [0.25, 0.3) is 0 Å². The molecule has 0 saturated heterocycles. The number of benzene rings is 1. The highest BCUT2D eigenvalue weighted by Crippen LogP contribution is 2.24. The summed E-state index contributed by atoms with van der Waals surface area (Å²) in [7, 11) is 1.53. The molecule has 2 rings (SSSR count). The van der Waals surface area contributed by atoms with Crippen LogP contribution in [-0.4, -0.2) is 40.0 Å². The van der Waals surface area contributed by atoms with Crippen molar-refractivity contribution >= 4 is 11.6 Å². The first-order valence-corrected chi connectivity index (χ1v) is 6.80. The van der Waals surface area contributed by atoms with Crippen LogP contribution in [0, 0.1) is 15.9 Å². The van der Waals surface area contributed by atoms with E-state index in [1.807, 2.05) is 0 Å². The Kier molecular flexibility index (Phi) is 4.52. The minimum Gasteiger partial charge on any atom is -0.391 e. The van der Waals surface area contributed by atoms with Gasteiger partial charge in [0.25, 0.3) is 11.6 Å². The van der Waals surface area contributed by atoms with Gasteiger partial charge in [-0.1, -0.05) is 12.8 Å². The lowest BCUT2D eigenvalue weighted by Gasteiger charge is -2.35. The van der Waals surface area contributed by atoms with Crippen LogP contribution in [0.3, 0.4) is 0 Å². The maximum atomic E-state index is 13.4. The van der Waals surface area contributed by atoms with Gasteiger partial charge in [-0.15, -0.1) is 0 Å². The van der Waals surface area contributed by atoms with Crippen molar-refractivity contribution in [1.82, 2.24) is 4.90 Å². The summed E-state index contributed by atoms with van der Waals surface area (Å²) >= 11 is 0. The lowest BCUT2D eigenvalue weighted by atomic mass is 9.91. The molecule has 1 aromatic rings. The summed E-state index contributed by atoms with van der Waals surface area (Å²) < 4.78 is 13.4. The molecule has 6 nitrogen and oxygen atoms in total. The zero-order valence-corrected chi connectivity index (χ0v) is 11.7. The highest BCUT2D eigenvalue weighted by molar-refractivity contribution is 5.95. The van der Waals surface area contributed by atoms with Crippen molar-refractivity contribution in [2.75, 3.05) is 7.05 Å². The number of halogens is 1. The molecule has 0 aliphatic heterocycles. The molecule has 21 heavy (non-hydrogen) atoms. The van der Waals surface area contributed by atoms with Crippen molar-refractivity contribution in [3.05, 3.63) is 39.7 Å². The fourth-order valence-corrected chi connectivity index (χ4v) is 2.70. The van der Waals surface area contributed by atoms with E-state index in [4.69, 9.17) is 0 Å². The number of amides is 1. The first-order chi connectivity index (χ1) is 9.90. The maximum absolute atomic E-state index is 13.4. The number of nitro benzene ring substituents is 1. The Labute approximate surface area is 121 Å². The third-order valence-electron chi connectivity index (χ3n) is 3.85. The number of aliphatic hydroxyl groups is 1. The van der Waals surface area contributed by atoms with Crippen LogP contribution in [0.2, 0.25) is 0 Å². The summed E-state index contributed by atoms with van der Waals surface area (Å²) in [6.07, 6.45) is 2.48. The van der Waals surface area contributed by atoms with Crippen LogP contribution in [0.5, 0.6) is 0 Å². The second-order valence-corrected chi connectivity index (χ2v) is 5.29. The Hall–Kier alpha value is -2.02. The number of rotatable bonds is 3. The van der Waals surface area contributed by atoms with Gasteiger partial charge in [0.05, 0.1) is 23.1 Å². The van der Waals surface area contributed by atoms with Crippen molar-refractivity contribution in [3.63, 3.8) is 0 Å². The van der Waals surface area contributed by atoms with Crippen LogP contribution in [0.1, 0.15) is 36.0 Å². The summed E-state index contributed by atoms with van der Waals surface area (Å²) in [5.41, 5.74) is -0.544. The molecule has 0 bridgehead atoms. The van der Waals surface area contributed by atoms with Gasteiger partial charge in [0.15, 0.2) is 0 Å². The largest absolute Gasteiger partial charge is 0.391 e. The molecule has 0 spiro atoms. The fourth-order valence-electron chi connectivity index (χ4n) is 2.70. The summed E-state index contributed by atoms with van der Waals surface area (Å²) in [5, 5.41) is 20.7. The Bertz CT molecular complexity index is 564. The van der Waals surface area contributed by atoms with E-state index >= 15 is 0 Å². The Morgan fingerprint density at radius 1 is 1.38 bits per heavy atom. The molecule has 1 amide bonds. The maximum Gasteiger partial charge on any atom is 0.273 e. The highest BCUT2D eigenvalue weighted by atomic mass is 19.1. The van der Waals surface area contributed by atoms with Gasteiger partial charge in [-0.2, -0.15) is 0 Å². The average Bonchev–Trinajstić information content (AvgIpc) is 2.45. The third-order valence-corrected chi connectivity index (χ3v) is 3.85. The van der Waals surface area contributed by atoms with Crippen molar-refractivity contribution in [2.45, 2.75) is 37.8 Å². The number of carbonyl (C=O) groups excluding carboxylic acids is 1. The van der Waals surface area contributed by atoms with E-state index in [0.29, 0.717) is 12.8 Å². The number of non-ortho nitro benzene ring substituents is 1. The number of hydrogen-bond acceptors (Lipinski definition) is 4. The molecule has 1 fully saturated rings. The predicted molar refractivity (Wildman–Crippen MR) is 73.4 cm³/mol. The number of carbonyl (C=O) groups is 1. The quantitative estimate of drug-likeness (QED) is 0.684. The average molecular weight is 296 g/mol. The van der Waals surface area contributed by atoms with Crippen LogP contribution in [0.4, 0.5) is 10.1 Å². The summed E-state index contributed by atoms with van der Waals surface area (Å²) in [6, 6.07) is 2.46. The molecule has 1 N–H and O–H groups in total. The zero-order chi connectivity index (χ0) is 15.6. The van der Waals surface area contributed by atoms with Gasteiger partial charge in [-0.25, -0.2) is 4.39 Å². The Morgan fingerprint density at radius 2 is 2.05 bits per heavy atom. The van der Waals surface area contributed by atoms with Gasteiger partial charge in [0.2, 0.25) is 0 Å². The smallest absolute Gasteiger partial charge is 0.273 e. The van der Waals surface area contributed by atoms with E-state index in [9.17, 15) is 24.4 Å². The van der Waals surface area contributed by atoms with E-state index in [2.05, 4.69) is 0 Å². The summed E-state index contributed by atoms with van der Waals surface area (Å²) in [5.74, 6) is -1.35. The molecule has 2 atom stereocenters. The molecule has 1 saturated carbocycles. The molecule has 2 unspecified atom stereocenters. The first-order valence-electron chi connectivity index (χ1n) is 6.80. The normalized spacial score (nSPS) is 21.9. The summed E-state index contributed by atoms with van der Waals surface area (Å²) in [6.45, 7) is 0. The standard InChI is InChI=1S/C14H17FN2O4/c1-16(12-4-2-3-5-13(12)18)14(19)9-6-10(15)8-11(7-9)17(20)21/h6-8,12-13,18H,2-5H2,1H3. The number of nitro groups is 1. The molecule has 7 heteroatoms. The monoisotopic (exact) mass is 296 g/mol. The van der Waals surface area contributed by atoms with Gasteiger partial charge in [-0.3, -0.25) is 14.9 Å². The SMILES string of the molecule is CN(C(=O)c1cc(F)cc([N+](=O)[O-])c1)C1CCCCC1O. The van der Waals surface area contributed by atoms with Gasteiger partial charge in [0.1, 0.15) is 5.82 Å². The van der Waals surface area contributed by atoms with Crippen LogP contribution < -0.4 is 0 Å². The first kappa shape index (κ1) is 15.4. The predicted octanol–water partition coefficient (Wildman–Crippen LogP) is 2.11. The van der Waals surface area contributed by atoms with E-state index in [-0.39, 0.29) is 11.6 Å². The van der Waals surface area contributed by atoms with E-state index < -0.39 is 28.4 Å². The Balaban J connectivity index is 2.24. The molecule has 114 valence electrons. The second kappa shape index (κ2) is 6.17. The third kappa shape index (κ3) is 3.36. The minimum atomic E-state index is -0.829. The molecular weight excluding hydrogens is 279 g/mol. The van der Waals surface area contributed by atoms with Gasteiger partial charge >= 0.3 is 0 Å². The van der Waals surface area contributed by atoms with E-state index in [0.717, 1.165) is 31.0 Å². The lowest BCUT2D eigenvalue weighted by Crippen LogP contribution is -2.46. The lowest BCUT2D eigenvalue weighted by molar-refractivity contribution is -0.385. The van der Waals surface area contributed by atoms with Crippen molar-refractivity contribution in [2.24, 2.45) is 0 Å². The number of nitrogens with zero attached hydrogens (tertiary/aromatic N) is 2. The number of aliphatic hydroxyl groups excluding tert-OH is 1.